The van der Waals surface area contributed by atoms with Crippen LogP contribution in [0.5, 0.6) is 0 Å². The quantitative estimate of drug-likeness (QED) is 0.828. The Morgan fingerprint density at radius 1 is 1.20 bits per heavy atom. The third kappa shape index (κ3) is 2.96. The smallest absolute Gasteiger partial charge is 0.307 e. The van der Waals surface area contributed by atoms with E-state index in [2.05, 4.69) is 4.98 Å². The highest BCUT2D eigenvalue weighted by Gasteiger charge is 2.51. The van der Waals surface area contributed by atoms with Crippen LogP contribution >= 0.6 is 0 Å². The van der Waals surface area contributed by atoms with Gasteiger partial charge in [0.2, 0.25) is 0 Å². The number of hydrogen-bond acceptors (Lipinski definition) is 5. The van der Waals surface area contributed by atoms with Gasteiger partial charge in [0, 0.05) is 13.0 Å². The van der Waals surface area contributed by atoms with Crippen LogP contribution in [0.1, 0.15) is 36.4 Å². The van der Waals surface area contributed by atoms with Crippen molar-refractivity contribution in [1.29, 1.82) is 0 Å². The lowest BCUT2D eigenvalue weighted by atomic mass is 10.0. The topological polar surface area (TPSA) is 83.7 Å². The molecule has 2 saturated heterocycles. The van der Waals surface area contributed by atoms with Gasteiger partial charge in [-0.25, -0.2) is 9.29 Å². The van der Waals surface area contributed by atoms with Crippen molar-refractivity contribution in [1.82, 2.24) is 13.6 Å². The van der Waals surface area contributed by atoms with Crippen molar-refractivity contribution in [3.8, 4) is 0 Å². The first kappa shape index (κ1) is 16.3. The van der Waals surface area contributed by atoms with Gasteiger partial charge in [0.1, 0.15) is 12.3 Å². The number of oxazole rings is 1. The highest BCUT2D eigenvalue weighted by Crippen LogP contribution is 2.32. The number of piperidine rings is 1. The zero-order chi connectivity index (χ0) is 17.4. The standard InChI is InChI=1S/C17H19N3O4S/c21-17-15-8-4-5-9-19(15)25(22,23)20(17)11-14-12-24-16(18-14)10-13-6-2-1-3-7-13/h1-3,6-7,12,15H,4-5,8-11H2. The molecular weight excluding hydrogens is 342 g/mol. The van der Waals surface area contributed by atoms with Gasteiger partial charge in [-0.2, -0.15) is 12.7 Å². The Labute approximate surface area is 146 Å². The Morgan fingerprint density at radius 3 is 2.76 bits per heavy atom. The molecule has 1 unspecified atom stereocenters. The van der Waals surface area contributed by atoms with Crippen molar-refractivity contribution in [3.05, 3.63) is 53.7 Å². The van der Waals surface area contributed by atoms with E-state index in [0.717, 1.165) is 22.7 Å². The second-order valence-corrected chi connectivity index (χ2v) is 8.18. The predicted octanol–water partition coefficient (Wildman–Crippen LogP) is 1.71. The van der Waals surface area contributed by atoms with Crippen LogP contribution in [0.3, 0.4) is 0 Å². The van der Waals surface area contributed by atoms with Gasteiger partial charge >= 0.3 is 10.2 Å². The molecule has 0 N–H and O–H groups in total. The van der Waals surface area contributed by atoms with Crippen LogP contribution < -0.4 is 0 Å². The summed E-state index contributed by atoms with van der Waals surface area (Å²) in [6, 6.07) is 9.19. The maximum Gasteiger partial charge on any atom is 0.307 e. The summed E-state index contributed by atoms with van der Waals surface area (Å²) in [5, 5.41) is 0. The van der Waals surface area contributed by atoms with Gasteiger partial charge in [0.05, 0.1) is 12.2 Å². The van der Waals surface area contributed by atoms with Gasteiger partial charge < -0.3 is 4.42 Å². The second-order valence-electron chi connectivity index (χ2n) is 6.37. The summed E-state index contributed by atoms with van der Waals surface area (Å²) in [6.45, 7) is 0.333. The van der Waals surface area contributed by atoms with Gasteiger partial charge in [0.15, 0.2) is 5.89 Å². The molecule has 3 heterocycles. The van der Waals surface area contributed by atoms with Crippen LogP contribution in [0.4, 0.5) is 0 Å². The van der Waals surface area contributed by atoms with Crippen LogP contribution in [0.25, 0.3) is 0 Å². The third-order valence-electron chi connectivity index (χ3n) is 4.66. The molecule has 1 aromatic heterocycles. The molecular formula is C17H19N3O4S. The van der Waals surface area contributed by atoms with E-state index in [0.29, 0.717) is 31.0 Å². The molecule has 7 nitrogen and oxygen atoms in total. The minimum absolute atomic E-state index is 0.0769. The fourth-order valence-corrected chi connectivity index (χ4v) is 5.19. The lowest BCUT2D eigenvalue weighted by Crippen LogP contribution is -2.39. The van der Waals surface area contributed by atoms with E-state index in [1.54, 1.807) is 0 Å². The van der Waals surface area contributed by atoms with E-state index in [4.69, 9.17) is 4.42 Å². The number of hydrogen-bond donors (Lipinski definition) is 0. The summed E-state index contributed by atoms with van der Waals surface area (Å²) in [6.07, 6.45) is 4.21. The number of aromatic nitrogens is 1. The molecule has 25 heavy (non-hydrogen) atoms. The molecule has 0 aliphatic carbocycles. The van der Waals surface area contributed by atoms with Gasteiger partial charge in [-0.1, -0.05) is 36.8 Å². The zero-order valence-electron chi connectivity index (χ0n) is 13.7. The van der Waals surface area contributed by atoms with Crippen LogP contribution in [0.2, 0.25) is 0 Å². The molecule has 1 aromatic carbocycles. The number of rotatable bonds is 4. The van der Waals surface area contributed by atoms with Crippen LogP contribution in [0.15, 0.2) is 41.0 Å². The minimum atomic E-state index is -3.75. The van der Waals surface area contributed by atoms with Gasteiger partial charge in [-0.3, -0.25) is 4.79 Å². The number of carbonyl (C=O) groups is 1. The van der Waals surface area contributed by atoms with Gasteiger partial charge in [-0.05, 0) is 18.4 Å². The third-order valence-corrected chi connectivity index (χ3v) is 6.56. The zero-order valence-corrected chi connectivity index (χ0v) is 14.5. The lowest BCUT2D eigenvalue weighted by molar-refractivity contribution is -0.128. The fraction of sp³-hybridized carbons (Fsp3) is 0.412. The number of benzene rings is 1. The van der Waals surface area contributed by atoms with E-state index < -0.39 is 16.3 Å². The number of carbonyl (C=O) groups excluding carboxylic acids is 1. The molecule has 4 rings (SSSR count). The van der Waals surface area contributed by atoms with E-state index in [-0.39, 0.29) is 12.5 Å². The maximum atomic E-state index is 12.6. The Balaban J connectivity index is 1.51. The molecule has 0 saturated carbocycles. The molecule has 2 aromatic rings. The van der Waals surface area contributed by atoms with E-state index in [9.17, 15) is 13.2 Å². The Hall–Kier alpha value is -2.19. The average molecular weight is 361 g/mol. The fourth-order valence-electron chi connectivity index (χ4n) is 3.41. The summed E-state index contributed by atoms with van der Waals surface area (Å²) in [5.41, 5.74) is 1.50. The van der Waals surface area contributed by atoms with Crippen molar-refractivity contribution in [2.45, 2.75) is 38.3 Å². The van der Waals surface area contributed by atoms with Crippen molar-refractivity contribution in [2.75, 3.05) is 6.54 Å². The second kappa shape index (κ2) is 6.27. The SMILES string of the molecule is O=C1C2CCCCN2S(=O)(=O)N1Cc1coc(Cc2ccccc2)n1. The number of fused-ring (bicyclic) bond motifs is 1. The molecule has 8 heteroatoms. The largest absolute Gasteiger partial charge is 0.448 e. The van der Waals surface area contributed by atoms with Crippen LogP contribution in [0, 0.1) is 0 Å². The molecule has 1 amide bonds. The lowest BCUT2D eigenvalue weighted by Gasteiger charge is -2.24. The minimum Gasteiger partial charge on any atom is -0.448 e. The summed E-state index contributed by atoms with van der Waals surface area (Å²) < 4.78 is 32.9. The van der Waals surface area contributed by atoms with Crippen molar-refractivity contribution < 1.29 is 17.6 Å². The molecule has 2 aliphatic rings. The first-order chi connectivity index (χ1) is 12.1. The van der Waals surface area contributed by atoms with Gasteiger partial charge in [0.25, 0.3) is 5.91 Å². The molecule has 132 valence electrons. The average Bonchev–Trinajstić information content (AvgIpc) is 3.13. The Bertz CT molecular complexity index is 878. The Morgan fingerprint density at radius 2 is 2.00 bits per heavy atom. The van der Waals surface area contributed by atoms with Crippen molar-refractivity contribution in [3.63, 3.8) is 0 Å². The summed E-state index contributed by atoms with van der Waals surface area (Å²) in [4.78, 5) is 16.8. The van der Waals surface area contributed by atoms with Gasteiger partial charge in [-0.15, -0.1) is 0 Å². The van der Waals surface area contributed by atoms with Crippen LogP contribution in [-0.4, -0.2) is 40.5 Å². The molecule has 0 radical (unpaired) electrons. The molecule has 2 fully saturated rings. The monoisotopic (exact) mass is 361 g/mol. The molecule has 0 bridgehead atoms. The molecule has 2 aliphatic heterocycles. The first-order valence-electron chi connectivity index (χ1n) is 8.36. The van der Waals surface area contributed by atoms with E-state index in [1.807, 2.05) is 30.3 Å². The van der Waals surface area contributed by atoms with E-state index >= 15 is 0 Å². The van der Waals surface area contributed by atoms with Crippen molar-refractivity contribution >= 4 is 16.1 Å². The van der Waals surface area contributed by atoms with Crippen LogP contribution in [-0.2, 0) is 28.0 Å². The first-order valence-corrected chi connectivity index (χ1v) is 9.76. The highest BCUT2D eigenvalue weighted by molar-refractivity contribution is 7.87. The Kier molecular flexibility index (Phi) is 4.09. The summed E-state index contributed by atoms with van der Waals surface area (Å²) in [7, 11) is -3.75. The normalized spacial score (nSPS) is 23.0. The van der Waals surface area contributed by atoms with Crippen molar-refractivity contribution in [2.24, 2.45) is 0 Å². The highest BCUT2D eigenvalue weighted by atomic mass is 32.2. The predicted molar refractivity (Wildman–Crippen MR) is 89.6 cm³/mol. The summed E-state index contributed by atoms with van der Waals surface area (Å²) >= 11 is 0. The molecule has 0 spiro atoms. The maximum absolute atomic E-state index is 12.6. The van der Waals surface area contributed by atoms with E-state index in [1.165, 1.54) is 10.6 Å². The number of amides is 1. The summed E-state index contributed by atoms with van der Waals surface area (Å²) in [5.74, 6) is 0.148. The number of nitrogens with zero attached hydrogens (tertiary/aromatic N) is 3. The molecule has 1 atom stereocenters.